The van der Waals surface area contributed by atoms with Gasteiger partial charge < -0.3 is 11.1 Å². The molecule has 0 aromatic rings. The van der Waals surface area contributed by atoms with Gasteiger partial charge in [-0.15, -0.1) is 0 Å². The Balaban J connectivity index is 0. The van der Waals surface area contributed by atoms with Gasteiger partial charge in [0.2, 0.25) is 0 Å². The number of nitrogens with one attached hydrogen (secondary N) is 1. The van der Waals surface area contributed by atoms with E-state index < -0.39 is 0 Å². The highest BCUT2D eigenvalue weighted by atomic mass is 14.4. The zero-order valence-corrected chi connectivity index (χ0v) is 5.94. The van der Waals surface area contributed by atoms with Gasteiger partial charge in [-0.3, -0.25) is 0 Å². The average molecular weight is 127 g/mol. The predicted octanol–water partition coefficient (Wildman–Crippen LogP) is 0.905. The molecule has 0 spiro atoms. The van der Waals surface area contributed by atoms with Crippen molar-refractivity contribution in [1.29, 1.82) is 10.7 Å². The normalized spacial score (nSPS) is 6.44. The lowest BCUT2D eigenvalue weighted by Gasteiger charge is -1.84. The van der Waals surface area contributed by atoms with Crippen molar-refractivity contribution in [2.45, 2.75) is 19.8 Å². The van der Waals surface area contributed by atoms with Crippen LogP contribution in [0.5, 0.6) is 0 Å². The predicted molar refractivity (Wildman–Crippen MR) is 38.4 cm³/mol. The van der Waals surface area contributed by atoms with Crippen molar-refractivity contribution in [2.24, 2.45) is 5.73 Å². The van der Waals surface area contributed by atoms with Gasteiger partial charge >= 0.3 is 0 Å². The van der Waals surface area contributed by atoms with Crippen LogP contribution in [0.1, 0.15) is 19.8 Å². The maximum Gasteiger partial charge on any atom is 0.0728 e. The van der Waals surface area contributed by atoms with E-state index >= 15 is 0 Å². The molecule has 0 aliphatic heterocycles. The Bertz CT molecular complexity index is 101. The zero-order chi connectivity index (χ0) is 7.70. The van der Waals surface area contributed by atoms with Crippen molar-refractivity contribution >= 4 is 5.71 Å². The third kappa shape index (κ3) is 11.0. The molecule has 0 rings (SSSR count). The Hall–Kier alpha value is -0.880. The van der Waals surface area contributed by atoms with Crippen molar-refractivity contribution in [3.8, 4) is 6.07 Å². The smallest absolute Gasteiger partial charge is 0.0728 e. The molecule has 0 radical (unpaired) electrons. The fourth-order valence-electron chi connectivity index (χ4n) is 0.220. The molecule has 0 aromatic carbocycles. The van der Waals surface area contributed by atoms with E-state index in [9.17, 15) is 0 Å². The van der Waals surface area contributed by atoms with Crippen LogP contribution in [-0.2, 0) is 0 Å². The SMILES string of the molecule is CCC(=N)CC#N.CN. The number of nitriles is 1. The van der Waals surface area contributed by atoms with Gasteiger partial charge in [-0.05, 0) is 13.5 Å². The number of nitrogens with two attached hydrogens (primary N) is 1. The average Bonchev–Trinajstić information content (AvgIpc) is 1.93. The quantitative estimate of drug-likeness (QED) is 0.541. The molecule has 3 heteroatoms. The number of hydrogen-bond acceptors (Lipinski definition) is 3. The van der Waals surface area contributed by atoms with E-state index in [4.69, 9.17) is 10.7 Å². The van der Waals surface area contributed by atoms with Crippen LogP contribution in [-0.4, -0.2) is 12.8 Å². The molecular formula is C6H13N3. The van der Waals surface area contributed by atoms with Crippen LogP contribution in [0.25, 0.3) is 0 Å². The summed E-state index contributed by atoms with van der Waals surface area (Å²) < 4.78 is 0. The van der Waals surface area contributed by atoms with Gasteiger partial charge in [-0.2, -0.15) is 5.26 Å². The monoisotopic (exact) mass is 127 g/mol. The highest BCUT2D eigenvalue weighted by Crippen LogP contribution is 1.84. The third-order valence-electron chi connectivity index (χ3n) is 0.719. The van der Waals surface area contributed by atoms with Crippen LogP contribution in [0.3, 0.4) is 0 Å². The van der Waals surface area contributed by atoms with Gasteiger partial charge in [0.1, 0.15) is 0 Å². The van der Waals surface area contributed by atoms with Crippen LogP contribution in [0.4, 0.5) is 0 Å². The van der Waals surface area contributed by atoms with E-state index in [2.05, 4.69) is 5.73 Å². The standard InChI is InChI=1S/C5H8N2.CH5N/c1-2-5(7)3-4-6;1-2/h7H,2-3H2,1H3;2H2,1H3. The van der Waals surface area contributed by atoms with Crippen LogP contribution >= 0.6 is 0 Å². The lowest BCUT2D eigenvalue weighted by molar-refractivity contribution is 1.18. The molecule has 0 heterocycles. The maximum absolute atomic E-state index is 7.98. The largest absolute Gasteiger partial charge is 0.333 e. The number of hydrogen-bond donors (Lipinski definition) is 2. The lowest BCUT2D eigenvalue weighted by atomic mass is 10.2. The first kappa shape index (κ1) is 11.0. The summed E-state index contributed by atoms with van der Waals surface area (Å²) in [5.74, 6) is 0. The van der Waals surface area contributed by atoms with Crippen molar-refractivity contribution < 1.29 is 0 Å². The van der Waals surface area contributed by atoms with E-state index in [1.54, 1.807) is 0 Å². The first-order chi connectivity index (χ1) is 4.31. The van der Waals surface area contributed by atoms with E-state index in [-0.39, 0.29) is 6.42 Å². The summed E-state index contributed by atoms with van der Waals surface area (Å²) in [6.45, 7) is 1.87. The molecule has 0 aromatic heterocycles. The fraction of sp³-hybridized carbons (Fsp3) is 0.667. The van der Waals surface area contributed by atoms with Gasteiger partial charge in [0.25, 0.3) is 0 Å². The molecule has 0 amide bonds. The van der Waals surface area contributed by atoms with E-state index in [1.165, 1.54) is 7.05 Å². The Morgan fingerprint density at radius 3 is 2.22 bits per heavy atom. The Labute approximate surface area is 56.0 Å². The minimum atomic E-state index is 0.288. The van der Waals surface area contributed by atoms with Gasteiger partial charge in [0.05, 0.1) is 12.5 Å². The van der Waals surface area contributed by atoms with Crippen molar-refractivity contribution in [3.05, 3.63) is 0 Å². The molecular weight excluding hydrogens is 114 g/mol. The second kappa shape index (κ2) is 10.2. The molecule has 0 aliphatic rings. The van der Waals surface area contributed by atoms with Crippen LogP contribution < -0.4 is 5.73 Å². The lowest BCUT2D eigenvalue weighted by Crippen LogP contribution is -1.88. The molecule has 0 atom stereocenters. The molecule has 0 aliphatic carbocycles. The molecule has 0 bridgehead atoms. The molecule has 0 fully saturated rings. The minimum absolute atomic E-state index is 0.288. The Morgan fingerprint density at radius 2 is 2.11 bits per heavy atom. The molecule has 52 valence electrons. The van der Waals surface area contributed by atoms with Crippen LogP contribution in [0.15, 0.2) is 0 Å². The summed E-state index contributed by atoms with van der Waals surface area (Å²) in [4.78, 5) is 0. The van der Waals surface area contributed by atoms with Gasteiger partial charge in [-0.25, -0.2) is 0 Å². The molecule has 0 unspecified atom stereocenters. The first-order valence-electron chi connectivity index (χ1n) is 2.82. The summed E-state index contributed by atoms with van der Waals surface area (Å²) in [6.07, 6.45) is 0.990. The summed E-state index contributed by atoms with van der Waals surface area (Å²) in [7, 11) is 1.50. The van der Waals surface area contributed by atoms with Gasteiger partial charge in [0.15, 0.2) is 0 Å². The molecule has 3 nitrogen and oxygen atoms in total. The molecule has 0 saturated carbocycles. The second-order valence-corrected chi connectivity index (χ2v) is 1.29. The summed E-state index contributed by atoms with van der Waals surface area (Å²) in [5.41, 5.74) is 5.02. The van der Waals surface area contributed by atoms with Gasteiger partial charge in [-0.1, -0.05) is 6.92 Å². The highest BCUT2D eigenvalue weighted by Gasteiger charge is 1.86. The maximum atomic E-state index is 7.98. The summed E-state index contributed by atoms with van der Waals surface area (Å²) in [6, 6.07) is 1.89. The fourth-order valence-corrected chi connectivity index (χ4v) is 0.220. The number of rotatable bonds is 2. The third-order valence-corrected chi connectivity index (χ3v) is 0.719. The zero-order valence-electron chi connectivity index (χ0n) is 5.94. The molecule has 3 N–H and O–H groups in total. The van der Waals surface area contributed by atoms with E-state index in [0.29, 0.717) is 12.1 Å². The van der Waals surface area contributed by atoms with Crippen molar-refractivity contribution in [3.63, 3.8) is 0 Å². The van der Waals surface area contributed by atoms with Crippen molar-refractivity contribution in [2.75, 3.05) is 7.05 Å². The second-order valence-electron chi connectivity index (χ2n) is 1.29. The molecule has 9 heavy (non-hydrogen) atoms. The topological polar surface area (TPSA) is 73.7 Å². The van der Waals surface area contributed by atoms with Crippen molar-refractivity contribution in [1.82, 2.24) is 0 Å². The van der Waals surface area contributed by atoms with E-state index in [1.807, 2.05) is 13.0 Å². The van der Waals surface area contributed by atoms with Crippen LogP contribution in [0.2, 0.25) is 0 Å². The minimum Gasteiger partial charge on any atom is -0.333 e. The summed E-state index contributed by atoms with van der Waals surface area (Å²) >= 11 is 0. The van der Waals surface area contributed by atoms with Gasteiger partial charge in [0, 0.05) is 5.71 Å². The Kier molecular flexibility index (Phi) is 12.4. The number of nitrogens with zero attached hydrogens (tertiary/aromatic N) is 1. The molecule has 0 saturated heterocycles. The Morgan fingerprint density at radius 1 is 1.67 bits per heavy atom. The van der Waals surface area contributed by atoms with E-state index in [0.717, 1.165) is 0 Å². The first-order valence-corrected chi connectivity index (χ1v) is 2.82. The highest BCUT2D eigenvalue weighted by molar-refractivity contribution is 5.82. The summed E-state index contributed by atoms with van der Waals surface area (Å²) in [5, 5.41) is 14.9. The van der Waals surface area contributed by atoms with Crippen LogP contribution in [0, 0.1) is 16.7 Å².